The van der Waals surface area contributed by atoms with E-state index in [0.29, 0.717) is 0 Å². The molecule has 1 aromatic carbocycles. The van der Waals surface area contributed by atoms with Crippen LogP contribution in [0.15, 0.2) is 23.1 Å². The predicted molar refractivity (Wildman–Crippen MR) is 64.8 cm³/mol. The topological polar surface area (TPSA) is 60.4 Å². The van der Waals surface area contributed by atoms with E-state index < -0.39 is 15.8 Å². The van der Waals surface area contributed by atoms with Gasteiger partial charge in [0.15, 0.2) is 9.84 Å². The highest BCUT2D eigenvalue weighted by Gasteiger charge is 2.20. The van der Waals surface area contributed by atoms with Crippen LogP contribution in [0.25, 0.3) is 0 Å². The highest BCUT2D eigenvalue weighted by molar-refractivity contribution is 7.90. The molecule has 0 fully saturated rings. The predicted octanol–water partition coefficient (Wildman–Crippen LogP) is 1.96. The number of benzene rings is 1. The van der Waals surface area contributed by atoms with E-state index in [1.54, 1.807) is 26.8 Å². The van der Waals surface area contributed by atoms with Crippen molar-refractivity contribution in [3.63, 3.8) is 0 Å². The van der Waals surface area contributed by atoms with Gasteiger partial charge in [-0.1, -0.05) is 11.6 Å². The highest BCUT2D eigenvalue weighted by Crippen LogP contribution is 2.19. The van der Waals surface area contributed by atoms with E-state index in [4.69, 9.17) is 4.74 Å². The van der Waals surface area contributed by atoms with Crippen molar-refractivity contribution >= 4 is 15.8 Å². The minimum absolute atomic E-state index is 0.00810. The summed E-state index contributed by atoms with van der Waals surface area (Å²) in [5.74, 6) is -0.607. The van der Waals surface area contributed by atoms with Crippen LogP contribution in [0.3, 0.4) is 0 Å². The molecule has 0 aliphatic rings. The molecule has 0 spiro atoms. The fourth-order valence-electron chi connectivity index (χ4n) is 1.40. The Bertz CT molecular complexity index is 529. The molecule has 1 rings (SSSR count). The third-order valence-corrected chi connectivity index (χ3v) is 3.25. The van der Waals surface area contributed by atoms with Crippen molar-refractivity contribution in [1.29, 1.82) is 0 Å². The van der Waals surface area contributed by atoms with E-state index in [9.17, 15) is 13.2 Å². The second-order valence-electron chi connectivity index (χ2n) is 4.23. The van der Waals surface area contributed by atoms with Crippen molar-refractivity contribution < 1.29 is 17.9 Å². The molecule has 0 saturated carbocycles. The fourth-order valence-corrected chi connectivity index (χ4v) is 2.26. The van der Waals surface area contributed by atoms with E-state index in [1.807, 2.05) is 0 Å². The molecular formula is C12H16O4S. The van der Waals surface area contributed by atoms with Gasteiger partial charge in [-0.3, -0.25) is 0 Å². The Morgan fingerprint density at radius 1 is 1.29 bits per heavy atom. The molecule has 0 bridgehead atoms. The number of carbonyl (C=O) groups excluding carboxylic acids is 1. The van der Waals surface area contributed by atoms with Gasteiger partial charge in [-0.15, -0.1) is 0 Å². The Labute approximate surface area is 102 Å². The largest absolute Gasteiger partial charge is 0.459 e. The summed E-state index contributed by atoms with van der Waals surface area (Å²) in [5, 5.41) is 0. The van der Waals surface area contributed by atoms with E-state index in [-0.39, 0.29) is 16.6 Å². The Balaban J connectivity index is 3.31. The maximum atomic E-state index is 11.8. The molecule has 5 heteroatoms. The molecule has 0 heterocycles. The van der Waals surface area contributed by atoms with Gasteiger partial charge < -0.3 is 4.74 Å². The lowest BCUT2D eigenvalue weighted by atomic mass is 10.1. The van der Waals surface area contributed by atoms with Crippen molar-refractivity contribution in [1.82, 2.24) is 0 Å². The van der Waals surface area contributed by atoms with Crippen molar-refractivity contribution in [2.45, 2.75) is 31.8 Å². The molecule has 0 radical (unpaired) electrons. The Morgan fingerprint density at radius 2 is 1.88 bits per heavy atom. The minimum atomic E-state index is -3.43. The number of esters is 1. The number of carbonyl (C=O) groups is 1. The molecule has 0 unspecified atom stereocenters. The average molecular weight is 256 g/mol. The number of hydrogen-bond acceptors (Lipinski definition) is 4. The standard InChI is InChI=1S/C12H16O4S/c1-8(2)16-12(13)10-7-9(3)5-6-11(10)17(4,14)15/h5-8H,1-4H3. The summed E-state index contributed by atoms with van der Waals surface area (Å²) in [7, 11) is -3.43. The highest BCUT2D eigenvalue weighted by atomic mass is 32.2. The van der Waals surface area contributed by atoms with Crippen LogP contribution in [0.2, 0.25) is 0 Å². The first-order chi connectivity index (χ1) is 7.71. The lowest BCUT2D eigenvalue weighted by Crippen LogP contribution is -2.15. The third kappa shape index (κ3) is 3.56. The van der Waals surface area contributed by atoms with Gasteiger partial charge in [0.1, 0.15) is 0 Å². The molecule has 1 aromatic rings. The van der Waals surface area contributed by atoms with Crippen molar-refractivity contribution in [2.75, 3.05) is 6.26 Å². The van der Waals surface area contributed by atoms with Gasteiger partial charge in [-0.2, -0.15) is 0 Å². The third-order valence-electron chi connectivity index (χ3n) is 2.10. The summed E-state index contributed by atoms with van der Waals surface area (Å²) in [5.41, 5.74) is 0.911. The first kappa shape index (κ1) is 13.7. The molecule has 0 N–H and O–H groups in total. The van der Waals surface area contributed by atoms with Crippen molar-refractivity contribution in [2.24, 2.45) is 0 Å². The number of hydrogen-bond donors (Lipinski definition) is 0. The first-order valence-electron chi connectivity index (χ1n) is 5.23. The van der Waals surface area contributed by atoms with Gasteiger partial charge in [0.05, 0.1) is 16.6 Å². The van der Waals surface area contributed by atoms with Gasteiger partial charge in [-0.25, -0.2) is 13.2 Å². The monoisotopic (exact) mass is 256 g/mol. The van der Waals surface area contributed by atoms with Gasteiger partial charge in [-0.05, 0) is 32.9 Å². The maximum absolute atomic E-state index is 11.8. The van der Waals surface area contributed by atoms with Crippen LogP contribution in [0, 0.1) is 6.92 Å². The Hall–Kier alpha value is -1.36. The summed E-state index contributed by atoms with van der Waals surface area (Å²) in [4.78, 5) is 11.8. The van der Waals surface area contributed by atoms with Gasteiger partial charge in [0, 0.05) is 6.26 Å². The molecule has 0 aliphatic heterocycles. The number of sulfone groups is 1. The van der Waals surface area contributed by atoms with E-state index >= 15 is 0 Å². The lowest BCUT2D eigenvalue weighted by molar-refractivity contribution is 0.0373. The number of rotatable bonds is 3. The van der Waals surface area contributed by atoms with Crippen LogP contribution in [0.4, 0.5) is 0 Å². The summed E-state index contributed by atoms with van der Waals surface area (Å²) in [6, 6.07) is 4.62. The smallest absolute Gasteiger partial charge is 0.339 e. The normalized spacial score (nSPS) is 11.6. The molecule has 0 amide bonds. The van der Waals surface area contributed by atoms with Crippen LogP contribution in [0.1, 0.15) is 29.8 Å². The van der Waals surface area contributed by atoms with Crippen LogP contribution in [-0.2, 0) is 14.6 Å². The van der Waals surface area contributed by atoms with E-state index in [0.717, 1.165) is 11.8 Å². The molecule has 94 valence electrons. The zero-order valence-electron chi connectivity index (χ0n) is 10.4. The second kappa shape index (κ2) is 4.87. The molecule has 0 aliphatic carbocycles. The summed E-state index contributed by atoms with van der Waals surface area (Å²) < 4.78 is 28.1. The summed E-state index contributed by atoms with van der Waals surface area (Å²) in [6.07, 6.45) is 0.791. The Kier molecular flexibility index (Phi) is 3.93. The van der Waals surface area contributed by atoms with Crippen LogP contribution < -0.4 is 0 Å². The fraction of sp³-hybridized carbons (Fsp3) is 0.417. The molecular weight excluding hydrogens is 240 g/mol. The first-order valence-corrected chi connectivity index (χ1v) is 7.12. The van der Waals surface area contributed by atoms with Gasteiger partial charge in [0.2, 0.25) is 0 Å². The quantitative estimate of drug-likeness (QED) is 0.776. The maximum Gasteiger partial charge on any atom is 0.339 e. The molecule has 0 saturated heterocycles. The van der Waals surface area contributed by atoms with E-state index in [1.165, 1.54) is 12.1 Å². The van der Waals surface area contributed by atoms with Crippen LogP contribution in [-0.4, -0.2) is 26.7 Å². The second-order valence-corrected chi connectivity index (χ2v) is 6.21. The molecule has 0 aromatic heterocycles. The number of ether oxygens (including phenoxy) is 1. The number of aryl methyl sites for hydroxylation is 1. The van der Waals surface area contributed by atoms with Crippen LogP contribution >= 0.6 is 0 Å². The Morgan fingerprint density at radius 3 is 2.35 bits per heavy atom. The summed E-state index contributed by atoms with van der Waals surface area (Å²) in [6.45, 7) is 5.22. The van der Waals surface area contributed by atoms with Crippen molar-refractivity contribution in [3.05, 3.63) is 29.3 Å². The molecule has 4 nitrogen and oxygen atoms in total. The van der Waals surface area contributed by atoms with Gasteiger partial charge in [0.25, 0.3) is 0 Å². The van der Waals surface area contributed by atoms with Crippen LogP contribution in [0.5, 0.6) is 0 Å². The SMILES string of the molecule is Cc1ccc(S(C)(=O)=O)c(C(=O)OC(C)C)c1. The zero-order chi connectivity index (χ0) is 13.2. The van der Waals surface area contributed by atoms with Crippen molar-refractivity contribution in [3.8, 4) is 0 Å². The minimum Gasteiger partial charge on any atom is -0.459 e. The molecule has 0 atom stereocenters. The zero-order valence-corrected chi connectivity index (χ0v) is 11.2. The molecule has 17 heavy (non-hydrogen) atoms. The lowest BCUT2D eigenvalue weighted by Gasteiger charge is -2.11. The average Bonchev–Trinajstić information content (AvgIpc) is 2.14. The van der Waals surface area contributed by atoms with E-state index in [2.05, 4.69) is 0 Å². The van der Waals surface area contributed by atoms with Gasteiger partial charge >= 0.3 is 5.97 Å². The summed E-state index contributed by atoms with van der Waals surface area (Å²) >= 11 is 0.